The number of halogens is 2. The van der Waals surface area contributed by atoms with E-state index in [1.807, 2.05) is 54.1 Å². The summed E-state index contributed by atoms with van der Waals surface area (Å²) >= 11 is 12.9. The van der Waals surface area contributed by atoms with Crippen LogP contribution in [0.25, 0.3) is 11.3 Å². The van der Waals surface area contributed by atoms with Gasteiger partial charge >= 0.3 is 0 Å². The minimum atomic E-state index is 0.143. The maximum Gasteiger partial charge on any atom is 0.228 e. The van der Waals surface area contributed by atoms with Crippen molar-refractivity contribution < 1.29 is 9.53 Å². The van der Waals surface area contributed by atoms with Crippen LogP contribution in [0.4, 0.5) is 17.3 Å². The first-order valence-electron chi connectivity index (χ1n) is 12.1. The summed E-state index contributed by atoms with van der Waals surface area (Å²) in [7, 11) is 4.04. The molecule has 0 saturated carbocycles. The zero-order valence-electron chi connectivity index (χ0n) is 20.3. The van der Waals surface area contributed by atoms with Gasteiger partial charge in [-0.05, 0) is 57.6 Å². The van der Waals surface area contributed by atoms with Crippen LogP contribution in [0.15, 0.2) is 36.7 Å². The normalized spacial score (nSPS) is 19.2. The Morgan fingerprint density at radius 2 is 1.86 bits per heavy atom. The van der Waals surface area contributed by atoms with Crippen molar-refractivity contribution in [2.24, 2.45) is 0 Å². The van der Waals surface area contributed by atoms with E-state index in [4.69, 9.17) is 27.9 Å². The van der Waals surface area contributed by atoms with Gasteiger partial charge in [0.25, 0.3) is 0 Å². The van der Waals surface area contributed by atoms with Gasteiger partial charge in [0.2, 0.25) is 11.9 Å². The molecule has 2 fully saturated rings. The van der Waals surface area contributed by atoms with Crippen LogP contribution in [0.1, 0.15) is 31.7 Å². The van der Waals surface area contributed by atoms with Crippen molar-refractivity contribution >= 4 is 46.4 Å². The zero-order valence-corrected chi connectivity index (χ0v) is 21.8. The van der Waals surface area contributed by atoms with E-state index in [-0.39, 0.29) is 11.9 Å². The van der Waals surface area contributed by atoms with E-state index in [9.17, 15) is 4.79 Å². The van der Waals surface area contributed by atoms with Crippen LogP contribution >= 0.6 is 23.2 Å². The van der Waals surface area contributed by atoms with Crippen molar-refractivity contribution in [3.05, 3.63) is 46.8 Å². The molecule has 0 bridgehead atoms. The molecule has 1 atom stereocenters. The highest BCUT2D eigenvalue weighted by Crippen LogP contribution is 2.34. The highest BCUT2D eigenvalue weighted by molar-refractivity contribution is 6.35. The number of piperidine rings is 1. The number of ether oxygens (including phenoxy) is 1. The summed E-state index contributed by atoms with van der Waals surface area (Å²) < 4.78 is 7.33. The summed E-state index contributed by atoms with van der Waals surface area (Å²) in [5, 5.41) is 8.45. The van der Waals surface area contributed by atoms with Crippen LogP contribution in [-0.4, -0.2) is 70.5 Å². The molecular formula is C25H29Cl2N7O2. The SMILES string of the molecule is CN(C)[C@H]1CCN(c2ccc(Nc3ncc(Cl)c(-c4cn(C5CCOCC5)nc4Cl)n3)cc2)C(=O)C1. The highest BCUT2D eigenvalue weighted by atomic mass is 35.5. The van der Waals surface area contributed by atoms with E-state index in [0.29, 0.717) is 59.6 Å². The third-order valence-electron chi connectivity index (χ3n) is 6.81. The van der Waals surface area contributed by atoms with Crippen LogP contribution in [0, 0.1) is 0 Å². The Kier molecular flexibility index (Phi) is 7.43. The monoisotopic (exact) mass is 529 g/mol. The molecule has 0 unspecified atom stereocenters. The molecule has 0 aliphatic carbocycles. The molecule has 9 nitrogen and oxygen atoms in total. The van der Waals surface area contributed by atoms with Gasteiger partial charge in [-0.25, -0.2) is 9.97 Å². The van der Waals surface area contributed by atoms with Gasteiger partial charge < -0.3 is 19.9 Å². The third kappa shape index (κ3) is 5.34. The van der Waals surface area contributed by atoms with E-state index >= 15 is 0 Å². The molecular weight excluding hydrogens is 501 g/mol. The number of rotatable bonds is 6. The van der Waals surface area contributed by atoms with Crippen LogP contribution in [0.2, 0.25) is 10.2 Å². The first-order chi connectivity index (χ1) is 17.4. The predicted molar refractivity (Wildman–Crippen MR) is 141 cm³/mol. The molecule has 11 heteroatoms. The number of nitrogens with zero attached hydrogens (tertiary/aromatic N) is 6. The molecule has 0 radical (unpaired) electrons. The van der Waals surface area contributed by atoms with Gasteiger partial charge in [0.05, 0.1) is 28.5 Å². The zero-order chi connectivity index (χ0) is 25.2. The Morgan fingerprint density at radius 3 is 2.56 bits per heavy atom. The van der Waals surface area contributed by atoms with Gasteiger partial charge in [-0.1, -0.05) is 23.2 Å². The first-order valence-corrected chi connectivity index (χ1v) is 12.8. The number of anilines is 3. The molecule has 190 valence electrons. The number of hydrogen-bond donors (Lipinski definition) is 1. The molecule has 1 amide bonds. The van der Waals surface area contributed by atoms with E-state index < -0.39 is 0 Å². The second-order valence-electron chi connectivity index (χ2n) is 9.37. The topological polar surface area (TPSA) is 88.4 Å². The summed E-state index contributed by atoms with van der Waals surface area (Å²) in [6.07, 6.45) is 6.70. The van der Waals surface area contributed by atoms with Crippen LogP contribution in [-0.2, 0) is 9.53 Å². The largest absolute Gasteiger partial charge is 0.381 e. The Balaban J connectivity index is 1.30. The maximum atomic E-state index is 12.6. The minimum Gasteiger partial charge on any atom is -0.381 e. The first kappa shape index (κ1) is 25.0. The number of amides is 1. The lowest BCUT2D eigenvalue weighted by Gasteiger charge is -2.34. The van der Waals surface area contributed by atoms with Crippen LogP contribution in [0.3, 0.4) is 0 Å². The number of benzene rings is 1. The molecule has 5 rings (SSSR count). The number of hydrogen-bond acceptors (Lipinski definition) is 7. The van der Waals surface area contributed by atoms with Gasteiger partial charge in [-0.3, -0.25) is 9.48 Å². The fourth-order valence-corrected chi connectivity index (χ4v) is 5.08. The van der Waals surface area contributed by atoms with E-state index in [0.717, 1.165) is 30.6 Å². The fourth-order valence-electron chi connectivity index (χ4n) is 4.67. The van der Waals surface area contributed by atoms with Gasteiger partial charge in [0.15, 0.2) is 5.15 Å². The van der Waals surface area contributed by atoms with Gasteiger partial charge in [-0.2, -0.15) is 5.10 Å². The second-order valence-corrected chi connectivity index (χ2v) is 10.1. The number of carbonyl (C=O) groups is 1. The Morgan fingerprint density at radius 1 is 1.11 bits per heavy atom. The second kappa shape index (κ2) is 10.7. The molecule has 1 aromatic carbocycles. The van der Waals surface area contributed by atoms with Crippen LogP contribution in [0.5, 0.6) is 0 Å². The molecule has 2 aliphatic rings. The Hall–Kier alpha value is -2.72. The number of aromatic nitrogens is 4. The minimum absolute atomic E-state index is 0.143. The smallest absolute Gasteiger partial charge is 0.228 e. The predicted octanol–water partition coefficient (Wildman–Crippen LogP) is 4.80. The average Bonchev–Trinajstić information content (AvgIpc) is 3.27. The van der Waals surface area contributed by atoms with E-state index in [1.165, 1.54) is 0 Å². The van der Waals surface area contributed by atoms with Crippen molar-refractivity contribution in [3.63, 3.8) is 0 Å². The van der Waals surface area contributed by atoms with Gasteiger partial charge in [0.1, 0.15) is 0 Å². The van der Waals surface area contributed by atoms with E-state index in [1.54, 1.807) is 6.20 Å². The van der Waals surface area contributed by atoms with Crippen molar-refractivity contribution in [3.8, 4) is 11.3 Å². The summed E-state index contributed by atoms with van der Waals surface area (Å²) in [4.78, 5) is 25.6. The standard InChI is InChI=1S/C25H29Cl2N7O2/c1-32(2)19-7-10-33(22(35)13-19)17-5-3-16(4-6-17)29-25-28-14-21(26)23(30-25)20-15-34(31-24(20)27)18-8-11-36-12-9-18/h3-6,14-15,18-19H,7-13H2,1-2H3,(H,28,29,30)/t19-/m0/s1. The molecule has 36 heavy (non-hydrogen) atoms. The third-order valence-corrected chi connectivity index (χ3v) is 7.37. The fraction of sp³-hybridized carbons (Fsp3) is 0.440. The van der Waals surface area contributed by atoms with Crippen molar-refractivity contribution in [2.45, 2.75) is 37.8 Å². The lowest BCUT2D eigenvalue weighted by molar-refractivity contribution is -0.120. The van der Waals surface area contributed by atoms with Crippen molar-refractivity contribution in [1.29, 1.82) is 0 Å². The van der Waals surface area contributed by atoms with Crippen molar-refractivity contribution in [2.75, 3.05) is 44.1 Å². The van der Waals surface area contributed by atoms with Gasteiger partial charge in [-0.15, -0.1) is 0 Å². The molecule has 2 aromatic heterocycles. The molecule has 3 aromatic rings. The molecule has 0 spiro atoms. The maximum absolute atomic E-state index is 12.6. The number of carbonyl (C=O) groups excluding carboxylic acids is 1. The quantitative estimate of drug-likeness (QED) is 0.490. The lowest BCUT2D eigenvalue weighted by atomic mass is 10.0. The van der Waals surface area contributed by atoms with Crippen molar-refractivity contribution in [1.82, 2.24) is 24.6 Å². The number of nitrogens with one attached hydrogen (secondary N) is 1. The molecule has 2 saturated heterocycles. The lowest BCUT2D eigenvalue weighted by Crippen LogP contribution is -2.45. The van der Waals surface area contributed by atoms with E-state index in [2.05, 4.69) is 25.3 Å². The summed E-state index contributed by atoms with van der Waals surface area (Å²) in [6, 6.07) is 8.22. The Bertz CT molecular complexity index is 1230. The molecule has 1 N–H and O–H groups in total. The summed E-state index contributed by atoms with van der Waals surface area (Å²) in [5.41, 5.74) is 2.86. The Labute approximate surface area is 220 Å². The van der Waals surface area contributed by atoms with Gasteiger partial charge in [0, 0.05) is 49.8 Å². The van der Waals surface area contributed by atoms with Crippen LogP contribution < -0.4 is 10.2 Å². The highest BCUT2D eigenvalue weighted by Gasteiger charge is 2.28. The average molecular weight is 530 g/mol. The summed E-state index contributed by atoms with van der Waals surface area (Å²) in [5.74, 6) is 0.532. The molecule has 4 heterocycles. The summed E-state index contributed by atoms with van der Waals surface area (Å²) in [6.45, 7) is 2.13. The molecule has 2 aliphatic heterocycles.